The minimum Gasteiger partial charge on any atom is -0.482 e. The van der Waals surface area contributed by atoms with Crippen molar-refractivity contribution in [2.24, 2.45) is 0 Å². The number of amides is 1. The highest BCUT2D eigenvalue weighted by Crippen LogP contribution is 2.26. The first-order valence-electron chi connectivity index (χ1n) is 8.06. The number of hydrogen-bond donors (Lipinski definition) is 1. The molecule has 1 aromatic rings. The zero-order chi connectivity index (χ0) is 17.1. The predicted molar refractivity (Wildman–Crippen MR) is 85.8 cm³/mol. The summed E-state index contributed by atoms with van der Waals surface area (Å²) in [6.45, 7) is 2.23. The van der Waals surface area contributed by atoms with Gasteiger partial charge in [0.2, 0.25) is 5.91 Å². The van der Waals surface area contributed by atoms with Crippen LogP contribution >= 0.6 is 0 Å². The van der Waals surface area contributed by atoms with E-state index in [1.54, 1.807) is 11.0 Å². The molecule has 0 aromatic heterocycles. The summed E-state index contributed by atoms with van der Waals surface area (Å²) < 4.78 is 11.2. The predicted octanol–water partition coefficient (Wildman–Crippen LogP) is 0.581. The van der Waals surface area contributed by atoms with Crippen molar-refractivity contribution in [3.8, 4) is 5.75 Å². The topological polar surface area (TPSA) is 79.3 Å². The lowest BCUT2D eigenvalue weighted by molar-refractivity contribution is -0.139. The quantitative estimate of drug-likeness (QED) is 0.849. The third kappa shape index (κ3) is 3.68. The third-order valence-electron chi connectivity index (χ3n) is 4.57. The van der Waals surface area contributed by atoms with Crippen LogP contribution in [-0.2, 0) is 20.9 Å². The first-order chi connectivity index (χ1) is 11.5. The molecule has 2 atom stereocenters. The number of rotatable bonds is 5. The van der Waals surface area contributed by atoms with Gasteiger partial charge in [-0.05, 0) is 6.07 Å². The Bertz CT molecular complexity index is 621. The summed E-state index contributed by atoms with van der Waals surface area (Å²) in [6.07, 6.45) is 0.462. The van der Waals surface area contributed by atoms with E-state index < -0.39 is 5.97 Å². The Labute approximate surface area is 140 Å². The molecule has 2 fully saturated rings. The summed E-state index contributed by atoms with van der Waals surface area (Å²) in [4.78, 5) is 26.7. The van der Waals surface area contributed by atoms with E-state index in [-0.39, 0.29) is 24.7 Å². The summed E-state index contributed by atoms with van der Waals surface area (Å²) >= 11 is 0. The molecule has 1 amide bonds. The Morgan fingerprint density at radius 2 is 2.17 bits per heavy atom. The molecule has 0 radical (unpaired) electrons. The monoisotopic (exact) mass is 334 g/mol. The third-order valence-corrected chi connectivity index (χ3v) is 4.57. The fourth-order valence-electron chi connectivity index (χ4n) is 3.31. The molecule has 2 aliphatic rings. The van der Waals surface area contributed by atoms with Crippen LogP contribution in [0.5, 0.6) is 5.75 Å². The second-order valence-electron chi connectivity index (χ2n) is 6.22. The van der Waals surface area contributed by atoms with Crippen LogP contribution in [0.15, 0.2) is 24.3 Å². The maximum absolute atomic E-state index is 12.0. The number of carbonyl (C=O) groups is 2. The van der Waals surface area contributed by atoms with Crippen molar-refractivity contribution in [3.05, 3.63) is 29.8 Å². The summed E-state index contributed by atoms with van der Waals surface area (Å²) in [5.74, 6) is -0.298. The zero-order valence-corrected chi connectivity index (χ0v) is 13.7. The minimum atomic E-state index is -0.998. The van der Waals surface area contributed by atoms with Gasteiger partial charge in [-0.25, -0.2) is 4.79 Å². The molecule has 0 aliphatic carbocycles. The first-order valence-corrected chi connectivity index (χ1v) is 8.06. The van der Waals surface area contributed by atoms with E-state index >= 15 is 0 Å². The summed E-state index contributed by atoms with van der Waals surface area (Å²) in [6, 6.07) is 7.50. The molecule has 2 saturated heterocycles. The average Bonchev–Trinajstić information content (AvgIpc) is 2.90. The van der Waals surface area contributed by atoms with Gasteiger partial charge in [0.1, 0.15) is 5.75 Å². The molecule has 3 rings (SSSR count). The van der Waals surface area contributed by atoms with Crippen molar-refractivity contribution in [1.29, 1.82) is 0 Å². The molecule has 2 aliphatic heterocycles. The van der Waals surface area contributed by atoms with E-state index in [1.807, 2.05) is 25.2 Å². The standard InChI is InChI=1S/C17H22N2O5/c1-18-13-9-19(10-15(13)23-7-6-16(18)20)8-12-4-2-3-5-14(12)24-11-17(21)22/h2-5,13,15H,6-11H2,1H3,(H,21,22)/t13-,15-/m0/s1. The highest BCUT2D eigenvalue weighted by molar-refractivity contribution is 5.76. The number of likely N-dealkylation sites (N-methyl/N-ethyl adjacent to an activating group) is 1. The van der Waals surface area contributed by atoms with Gasteiger partial charge in [0.15, 0.2) is 6.61 Å². The highest BCUT2D eigenvalue weighted by Gasteiger charge is 2.39. The number of fused-ring (bicyclic) bond motifs is 1. The lowest BCUT2D eigenvalue weighted by Gasteiger charge is -2.25. The zero-order valence-electron chi connectivity index (χ0n) is 13.7. The number of benzene rings is 1. The van der Waals surface area contributed by atoms with Crippen molar-refractivity contribution in [3.63, 3.8) is 0 Å². The van der Waals surface area contributed by atoms with Crippen LogP contribution in [0.3, 0.4) is 0 Å². The Hall–Kier alpha value is -2.12. The molecule has 0 bridgehead atoms. The molecular weight excluding hydrogens is 312 g/mol. The van der Waals surface area contributed by atoms with Crippen LogP contribution in [0, 0.1) is 0 Å². The van der Waals surface area contributed by atoms with Gasteiger partial charge in [-0.2, -0.15) is 0 Å². The number of nitrogens with zero attached hydrogens (tertiary/aromatic N) is 2. The van der Waals surface area contributed by atoms with E-state index in [4.69, 9.17) is 14.6 Å². The summed E-state index contributed by atoms with van der Waals surface area (Å²) in [7, 11) is 1.84. The lowest BCUT2D eigenvalue weighted by Crippen LogP contribution is -2.42. The van der Waals surface area contributed by atoms with E-state index in [1.165, 1.54) is 0 Å². The molecule has 0 spiro atoms. The average molecular weight is 334 g/mol. The SMILES string of the molecule is CN1C(=O)CCO[C@H]2CN(Cc3ccccc3OCC(=O)O)C[C@@H]21. The second-order valence-corrected chi connectivity index (χ2v) is 6.22. The fraction of sp³-hybridized carbons (Fsp3) is 0.529. The van der Waals surface area contributed by atoms with Gasteiger partial charge >= 0.3 is 5.97 Å². The molecule has 0 saturated carbocycles. The van der Waals surface area contributed by atoms with Gasteiger partial charge in [-0.15, -0.1) is 0 Å². The van der Waals surface area contributed by atoms with Gasteiger partial charge < -0.3 is 19.5 Å². The number of carboxylic acid groups (broad SMARTS) is 1. The molecule has 130 valence electrons. The summed E-state index contributed by atoms with van der Waals surface area (Å²) in [5.41, 5.74) is 0.934. The molecule has 7 nitrogen and oxygen atoms in total. The van der Waals surface area contributed by atoms with Crippen molar-refractivity contribution in [2.45, 2.75) is 25.1 Å². The molecule has 0 unspecified atom stereocenters. The molecule has 7 heteroatoms. The normalized spacial score (nSPS) is 24.5. The van der Waals surface area contributed by atoms with Gasteiger partial charge in [0.25, 0.3) is 0 Å². The minimum absolute atomic E-state index is 0.0218. The van der Waals surface area contributed by atoms with Crippen LogP contribution in [0.2, 0.25) is 0 Å². The highest BCUT2D eigenvalue weighted by atomic mass is 16.5. The van der Waals surface area contributed by atoms with Gasteiger partial charge in [-0.1, -0.05) is 18.2 Å². The smallest absolute Gasteiger partial charge is 0.341 e. The number of carboxylic acids is 1. The molecule has 24 heavy (non-hydrogen) atoms. The molecular formula is C17H22N2O5. The summed E-state index contributed by atoms with van der Waals surface area (Å²) in [5, 5.41) is 8.78. The van der Waals surface area contributed by atoms with Crippen molar-refractivity contribution >= 4 is 11.9 Å². The number of carbonyl (C=O) groups excluding carboxylic acids is 1. The van der Waals surface area contributed by atoms with E-state index in [9.17, 15) is 9.59 Å². The molecule has 1 aromatic carbocycles. The number of aliphatic carboxylic acids is 1. The van der Waals surface area contributed by atoms with E-state index in [2.05, 4.69) is 4.90 Å². The van der Waals surface area contributed by atoms with Crippen molar-refractivity contribution < 1.29 is 24.2 Å². The molecule has 2 heterocycles. The van der Waals surface area contributed by atoms with Crippen LogP contribution < -0.4 is 4.74 Å². The Kier molecular flexibility index (Phi) is 5.01. The van der Waals surface area contributed by atoms with Crippen LogP contribution in [-0.4, -0.2) is 72.3 Å². The van der Waals surface area contributed by atoms with E-state index in [0.717, 1.165) is 18.7 Å². The van der Waals surface area contributed by atoms with Gasteiger partial charge in [0, 0.05) is 32.2 Å². The van der Waals surface area contributed by atoms with Gasteiger partial charge in [0.05, 0.1) is 25.2 Å². The van der Waals surface area contributed by atoms with Crippen LogP contribution in [0.1, 0.15) is 12.0 Å². The lowest BCUT2D eigenvalue weighted by atomic mass is 10.2. The molecule has 1 N–H and O–H groups in total. The fourth-order valence-corrected chi connectivity index (χ4v) is 3.31. The van der Waals surface area contributed by atoms with Gasteiger partial charge in [-0.3, -0.25) is 9.69 Å². The maximum atomic E-state index is 12.0. The number of likely N-dealkylation sites (tertiary alicyclic amines) is 1. The Morgan fingerprint density at radius 3 is 2.96 bits per heavy atom. The second kappa shape index (κ2) is 7.19. The number of para-hydroxylation sites is 1. The number of hydrogen-bond acceptors (Lipinski definition) is 5. The Morgan fingerprint density at radius 1 is 1.38 bits per heavy atom. The van der Waals surface area contributed by atoms with Crippen LogP contribution in [0.4, 0.5) is 0 Å². The largest absolute Gasteiger partial charge is 0.482 e. The Balaban J connectivity index is 1.67. The van der Waals surface area contributed by atoms with Crippen LogP contribution in [0.25, 0.3) is 0 Å². The van der Waals surface area contributed by atoms with Crippen molar-refractivity contribution in [1.82, 2.24) is 9.80 Å². The first kappa shape index (κ1) is 16.7. The number of ether oxygens (including phenoxy) is 2. The van der Waals surface area contributed by atoms with E-state index in [0.29, 0.717) is 25.3 Å². The maximum Gasteiger partial charge on any atom is 0.341 e. The van der Waals surface area contributed by atoms with Crippen molar-refractivity contribution in [2.75, 3.05) is 33.4 Å².